The van der Waals surface area contributed by atoms with Gasteiger partial charge in [0, 0.05) is 6.07 Å². The van der Waals surface area contributed by atoms with Gasteiger partial charge in [-0.2, -0.15) is 4.98 Å². The minimum absolute atomic E-state index is 0.0629. The van der Waals surface area contributed by atoms with Gasteiger partial charge in [0.05, 0.1) is 28.2 Å². The summed E-state index contributed by atoms with van der Waals surface area (Å²) in [5, 5.41) is 0. The van der Waals surface area contributed by atoms with E-state index in [1.54, 1.807) is 34.1 Å². The quantitative estimate of drug-likeness (QED) is 0.143. The summed E-state index contributed by atoms with van der Waals surface area (Å²) in [7, 11) is 0. The summed E-state index contributed by atoms with van der Waals surface area (Å²) in [5.41, 5.74) is 3.51. The van der Waals surface area contributed by atoms with Crippen LogP contribution in [0, 0.1) is 21.1 Å². The first kappa shape index (κ1) is 23.7. The van der Waals surface area contributed by atoms with E-state index >= 15 is 0 Å². The molecule has 1 heterocycles. The van der Waals surface area contributed by atoms with Crippen LogP contribution in [0.25, 0.3) is 22.2 Å². The van der Waals surface area contributed by atoms with E-state index in [0.717, 1.165) is 16.7 Å². The highest BCUT2D eigenvalue weighted by Crippen LogP contribution is 2.35. The number of carbonyl (C=O) groups is 1. The molecule has 0 amide bonds. The minimum atomic E-state index is -0.707. The van der Waals surface area contributed by atoms with E-state index in [9.17, 15) is 13.6 Å². The molecule has 0 bridgehead atoms. The van der Waals surface area contributed by atoms with E-state index in [1.807, 2.05) is 54.6 Å². The average molecular weight is 588 g/mol. The maximum Gasteiger partial charge on any atom is 0.309 e. The Morgan fingerprint density at radius 2 is 1.77 bits per heavy atom. The Bertz CT molecular complexity index is 1370. The van der Waals surface area contributed by atoms with Gasteiger partial charge < -0.3 is 9.47 Å². The number of fused-ring (bicyclic) bond motifs is 1. The highest BCUT2D eigenvalue weighted by atomic mass is 127. The molecule has 1 aliphatic rings. The number of rotatable bonds is 7. The van der Waals surface area contributed by atoms with Crippen molar-refractivity contribution in [2.75, 3.05) is 6.61 Å². The zero-order valence-electron chi connectivity index (χ0n) is 19.0. The first-order valence-electron chi connectivity index (χ1n) is 11.5. The van der Waals surface area contributed by atoms with Crippen molar-refractivity contribution in [1.82, 2.24) is 9.55 Å². The number of aromatic nitrogens is 2. The molecule has 8 heteroatoms. The maximum atomic E-state index is 14.9. The molecule has 180 valence electrons. The van der Waals surface area contributed by atoms with Gasteiger partial charge in [0.1, 0.15) is 17.4 Å². The first-order valence-corrected chi connectivity index (χ1v) is 12.5. The number of halogens is 3. The summed E-state index contributed by atoms with van der Waals surface area (Å²) in [4.78, 5) is 16.3. The fourth-order valence-corrected chi connectivity index (χ4v) is 4.68. The molecule has 0 unspecified atom stereocenters. The standard InChI is InChI=1S/C27H23F2IN2O3/c1-2-34-26(33)19-12-20(13-19)35-27-31-25-22(14-21(28)24(30)23(25)29)32(27)15-16-8-10-18(11-9-16)17-6-4-3-5-7-17/h3-11,14,19-20H,2,12-13,15H2,1H3. The molecule has 1 fully saturated rings. The molecule has 3 aromatic carbocycles. The van der Waals surface area contributed by atoms with Gasteiger partial charge in [-0.15, -0.1) is 0 Å². The molecule has 5 rings (SSSR count). The third-order valence-corrected chi connectivity index (χ3v) is 7.22. The van der Waals surface area contributed by atoms with Crippen molar-refractivity contribution in [3.63, 3.8) is 0 Å². The van der Waals surface area contributed by atoms with Crippen LogP contribution in [0.15, 0.2) is 60.7 Å². The van der Waals surface area contributed by atoms with Crippen molar-refractivity contribution >= 4 is 39.6 Å². The predicted octanol–water partition coefficient (Wildman–Crippen LogP) is 6.35. The van der Waals surface area contributed by atoms with Gasteiger partial charge in [0.25, 0.3) is 6.01 Å². The molecule has 1 aliphatic carbocycles. The summed E-state index contributed by atoms with van der Waals surface area (Å²) in [6.45, 7) is 2.44. The molecule has 5 nitrogen and oxygen atoms in total. The van der Waals surface area contributed by atoms with Crippen LogP contribution in [0.3, 0.4) is 0 Å². The Labute approximate surface area is 215 Å². The number of esters is 1. The van der Waals surface area contributed by atoms with Crippen molar-refractivity contribution in [1.29, 1.82) is 0 Å². The van der Waals surface area contributed by atoms with E-state index in [4.69, 9.17) is 9.47 Å². The molecular formula is C27H23F2IN2O3. The third-order valence-electron chi connectivity index (χ3n) is 6.23. The van der Waals surface area contributed by atoms with E-state index in [2.05, 4.69) is 4.98 Å². The van der Waals surface area contributed by atoms with E-state index in [-0.39, 0.29) is 33.1 Å². The van der Waals surface area contributed by atoms with Crippen molar-refractivity contribution < 1.29 is 23.0 Å². The van der Waals surface area contributed by atoms with Gasteiger partial charge in [-0.1, -0.05) is 54.6 Å². The Kier molecular flexibility index (Phi) is 6.73. The molecule has 0 aliphatic heterocycles. The lowest BCUT2D eigenvalue weighted by Gasteiger charge is -2.33. The number of hydrogen-bond donors (Lipinski definition) is 0. The lowest BCUT2D eigenvalue weighted by atomic mass is 9.82. The summed E-state index contributed by atoms with van der Waals surface area (Å²) < 4.78 is 42.1. The zero-order chi connectivity index (χ0) is 24.5. The van der Waals surface area contributed by atoms with E-state index < -0.39 is 11.6 Å². The van der Waals surface area contributed by atoms with Crippen LogP contribution in [0.4, 0.5) is 8.78 Å². The minimum Gasteiger partial charge on any atom is -0.466 e. The molecule has 4 aromatic rings. The summed E-state index contributed by atoms with van der Waals surface area (Å²) >= 11 is 1.64. The van der Waals surface area contributed by atoms with Gasteiger partial charge in [0.2, 0.25) is 0 Å². The second-order valence-corrected chi connectivity index (χ2v) is 9.64. The molecule has 0 atom stereocenters. The fraction of sp³-hybridized carbons (Fsp3) is 0.259. The molecule has 1 aromatic heterocycles. The van der Waals surface area contributed by atoms with Gasteiger partial charge in [0.15, 0.2) is 5.82 Å². The van der Waals surface area contributed by atoms with Crippen LogP contribution >= 0.6 is 22.6 Å². The Morgan fingerprint density at radius 3 is 2.46 bits per heavy atom. The van der Waals surface area contributed by atoms with Crippen molar-refractivity contribution in [3.05, 3.63) is 81.4 Å². The van der Waals surface area contributed by atoms with Crippen LogP contribution in [0.1, 0.15) is 25.3 Å². The second kappa shape index (κ2) is 9.93. The van der Waals surface area contributed by atoms with Crippen LogP contribution in [0.2, 0.25) is 0 Å². The van der Waals surface area contributed by atoms with Crippen molar-refractivity contribution in [3.8, 4) is 17.1 Å². The maximum absolute atomic E-state index is 14.9. The van der Waals surface area contributed by atoms with Crippen molar-refractivity contribution in [2.45, 2.75) is 32.4 Å². The molecule has 0 N–H and O–H groups in total. The Hall–Kier alpha value is -3.01. The van der Waals surface area contributed by atoms with Gasteiger partial charge in [-0.05, 0) is 59.0 Å². The highest BCUT2D eigenvalue weighted by molar-refractivity contribution is 14.1. The lowest BCUT2D eigenvalue weighted by Crippen LogP contribution is -2.39. The van der Waals surface area contributed by atoms with Gasteiger partial charge in [-0.25, -0.2) is 8.78 Å². The topological polar surface area (TPSA) is 53.4 Å². The number of nitrogens with zero attached hydrogens (tertiary/aromatic N) is 2. The predicted molar refractivity (Wildman–Crippen MR) is 137 cm³/mol. The van der Waals surface area contributed by atoms with Crippen LogP contribution in [-0.2, 0) is 16.1 Å². The number of imidazole rings is 1. The van der Waals surface area contributed by atoms with Gasteiger partial charge >= 0.3 is 5.97 Å². The summed E-state index contributed by atoms with van der Waals surface area (Å²) in [5.74, 6) is -1.80. The van der Waals surface area contributed by atoms with Crippen LogP contribution < -0.4 is 4.74 Å². The SMILES string of the molecule is CCOC(=O)C1CC(Oc2nc3c(F)c(I)c(F)cc3n2Cc2ccc(-c3ccccc3)cc2)C1. The Balaban J connectivity index is 1.44. The highest BCUT2D eigenvalue weighted by Gasteiger charge is 2.38. The number of carbonyl (C=O) groups excluding carboxylic acids is 1. The first-order chi connectivity index (χ1) is 16.9. The number of ether oxygens (including phenoxy) is 2. The number of benzene rings is 3. The third kappa shape index (κ3) is 4.76. The monoisotopic (exact) mass is 588 g/mol. The Morgan fingerprint density at radius 1 is 1.09 bits per heavy atom. The molecule has 0 spiro atoms. The smallest absolute Gasteiger partial charge is 0.309 e. The fourth-order valence-electron chi connectivity index (χ4n) is 4.27. The lowest BCUT2D eigenvalue weighted by molar-refractivity contribution is -0.154. The molecule has 0 saturated heterocycles. The second-order valence-electron chi connectivity index (χ2n) is 8.56. The van der Waals surface area contributed by atoms with Crippen molar-refractivity contribution in [2.24, 2.45) is 5.92 Å². The average Bonchev–Trinajstić information content (AvgIpc) is 3.17. The molecule has 0 radical (unpaired) electrons. The van der Waals surface area contributed by atoms with Crippen LogP contribution in [-0.4, -0.2) is 28.2 Å². The molecule has 35 heavy (non-hydrogen) atoms. The van der Waals surface area contributed by atoms with Crippen LogP contribution in [0.5, 0.6) is 6.01 Å². The van der Waals surface area contributed by atoms with E-state index in [0.29, 0.717) is 31.5 Å². The van der Waals surface area contributed by atoms with E-state index in [1.165, 1.54) is 6.07 Å². The largest absolute Gasteiger partial charge is 0.466 e. The summed E-state index contributed by atoms with van der Waals surface area (Å²) in [6, 6.07) is 19.5. The van der Waals surface area contributed by atoms with Gasteiger partial charge in [-0.3, -0.25) is 9.36 Å². The zero-order valence-corrected chi connectivity index (χ0v) is 21.2. The normalized spacial score (nSPS) is 17.3. The summed E-state index contributed by atoms with van der Waals surface area (Å²) in [6.07, 6.45) is 0.761. The molecular weight excluding hydrogens is 565 g/mol. The number of hydrogen-bond acceptors (Lipinski definition) is 4. The molecule has 1 saturated carbocycles.